The number of hydrogen-bond donors (Lipinski definition) is 1. The summed E-state index contributed by atoms with van der Waals surface area (Å²) in [5.41, 5.74) is 1.26. The largest absolute Gasteiger partial charge is 0.492 e. The van der Waals surface area contributed by atoms with Crippen molar-refractivity contribution in [3.8, 4) is 5.75 Å². The van der Waals surface area contributed by atoms with Crippen molar-refractivity contribution >= 4 is 11.6 Å². The number of ether oxygens (including phenoxy) is 1. The third-order valence-corrected chi connectivity index (χ3v) is 4.05. The molecule has 0 unspecified atom stereocenters. The molecule has 0 spiro atoms. The van der Waals surface area contributed by atoms with Gasteiger partial charge >= 0.3 is 0 Å². The van der Waals surface area contributed by atoms with Crippen LogP contribution in [-0.2, 0) is 0 Å². The molecule has 0 aromatic heterocycles. The van der Waals surface area contributed by atoms with Crippen molar-refractivity contribution in [3.05, 3.63) is 28.8 Å². The van der Waals surface area contributed by atoms with Crippen LogP contribution in [0.1, 0.15) is 51.0 Å². The van der Waals surface area contributed by atoms with E-state index in [1.54, 1.807) is 0 Å². The van der Waals surface area contributed by atoms with Gasteiger partial charge in [-0.25, -0.2) is 0 Å². The fourth-order valence-corrected chi connectivity index (χ4v) is 2.72. The summed E-state index contributed by atoms with van der Waals surface area (Å²) in [5, 5.41) is 4.26. The second-order valence-electron chi connectivity index (χ2n) is 5.63. The minimum Gasteiger partial charge on any atom is -0.492 e. The lowest BCUT2D eigenvalue weighted by Crippen LogP contribution is -2.35. The van der Waals surface area contributed by atoms with Gasteiger partial charge in [0.2, 0.25) is 0 Å². The first-order valence-electron chi connectivity index (χ1n) is 7.32. The van der Waals surface area contributed by atoms with Crippen molar-refractivity contribution in [2.24, 2.45) is 0 Å². The molecule has 2 nitrogen and oxygen atoms in total. The Morgan fingerprint density at radius 1 is 1.37 bits per heavy atom. The summed E-state index contributed by atoms with van der Waals surface area (Å²) in [6, 6.07) is 6.72. The molecule has 1 N–H and O–H groups in total. The van der Waals surface area contributed by atoms with Crippen LogP contribution in [0.4, 0.5) is 0 Å². The van der Waals surface area contributed by atoms with Crippen LogP contribution < -0.4 is 10.1 Å². The highest BCUT2D eigenvalue weighted by Gasteiger charge is 2.12. The van der Waals surface area contributed by atoms with E-state index in [0.717, 1.165) is 30.3 Å². The number of piperidine rings is 1. The van der Waals surface area contributed by atoms with Gasteiger partial charge in [0, 0.05) is 6.04 Å². The summed E-state index contributed by atoms with van der Waals surface area (Å²) in [5.74, 6) is 1.31. The van der Waals surface area contributed by atoms with Crippen LogP contribution in [0.5, 0.6) is 5.75 Å². The average Bonchev–Trinajstić information content (AvgIpc) is 2.41. The minimum atomic E-state index is 0.498. The molecule has 0 bridgehead atoms. The maximum atomic E-state index is 6.25. The van der Waals surface area contributed by atoms with Crippen molar-refractivity contribution in [1.82, 2.24) is 5.32 Å². The Bertz CT molecular complexity index is 400. The Balaban J connectivity index is 1.82. The van der Waals surface area contributed by atoms with Crippen LogP contribution in [0.15, 0.2) is 18.2 Å². The summed E-state index contributed by atoms with van der Waals surface area (Å²) >= 11 is 6.25. The highest BCUT2D eigenvalue weighted by Crippen LogP contribution is 2.28. The molecule has 1 aromatic carbocycles. The molecule has 19 heavy (non-hydrogen) atoms. The first-order chi connectivity index (χ1) is 9.16. The van der Waals surface area contributed by atoms with Crippen LogP contribution in [0.3, 0.4) is 0 Å². The summed E-state index contributed by atoms with van der Waals surface area (Å²) < 4.78 is 5.80. The second-order valence-corrected chi connectivity index (χ2v) is 6.04. The highest BCUT2D eigenvalue weighted by molar-refractivity contribution is 6.32. The number of hydrogen-bond acceptors (Lipinski definition) is 2. The maximum Gasteiger partial charge on any atom is 0.137 e. The van der Waals surface area contributed by atoms with Gasteiger partial charge in [-0.2, -0.15) is 0 Å². The Hall–Kier alpha value is -0.730. The molecule has 1 aliphatic heterocycles. The predicted octanol–water partition coefficient (Wildman–Crippen LogP) is 4.37. The lowest BCUT2D eigenvalue weighted by molar-refractivity contribution is 0.268. The predicted molar refractivity (Wildman–Crippen MR) is 81.3 cm³/mol. The van der Waals surface area contributed by atoms with Crippen molar-refractivity contribution in [2.75, 3.05) is 13.2 Å². The van der Waals surface area contributed by atoms with Gasteiger partial charge in [-0.05, 0) is 49.4 Å². The van der Waals surface area contributed by atoms with E-state index in [0.29, 0.717) is 12.0 Å². The van der Waals surface area contributed by atoms with Gasteiger partial charge in [0.15, 0.2) is 0 Å². The van der Waals surface area contributed by atoms with Crippen LogP contribution in [0.25, 0.3) is 0 Å². The quantitative estimate of drug-likeness (QED) is 0.865. The molecule has 0 saturated carbocycles. The third-order valence-electron chi connectivity index (χ3n) is 3.76. The zero-order chi connectivity index (χ0) is 13.7. The molecule has 1 heterocycles. The van der Waals surface area contributed by atoms with E-state index in [1.807, 2.05) is 12.1 Å². The Labute approximate surface area is 121 Å². The Kier molecular flexibility index (Phi) is 5.53. The lowest BCUT2D eigenvalue weighted by atomic mass is 10.0. The van der Waals surface area contributed by atoms with Gasteiger partial charge in [-0.15, -0.1) is 0 Å². The molecule has 3 heteroatoms. The van der Waals surface area contributed by atoms with Crippen LogP contribution in [0.2, 0.25) is 5.02 Å². The smallest absolute Gasteiger partial charge is 0.137 e. The molecular formula is C16H24ClNO. The molecule has 0 aliphatic carbocycles. The summed E-state index contributed by atoms with van der Waals surface area (Å²) in [6.45, 7) is 6.22. The monoisotopic (exact) mass is 281 g/mol. The van der Waals surface area contributed by atoms with Crippen LogP contribution in [0, 0.1) is 0 Å². The zero-order valence-corrected chi connectivity index (χ0v) is 12.7. The Morgan fingerprint density at radius 3 is 2.84 bits per heavy atom. The maximum absolute atomic E-state index is 6.25. The third kappa shape index (κ3) is 4.39. The van der Waals surface area contributed by atoms with E-state index in [1.165, 1.54) is 24.8 Å². The van der Waals surface area contributed by atoms with Crippen LogP contribution >= 0.6 is 11.6 Å². The van der Waals surface area contributed by atoms with Crippen LogP contribution in [-0.4, -0.2) is 19.2 Å². The molecule has 1 atom stereocenters. The fraction of sp³-hybridized carbons (Fsp3) is 0.625. The van der Waals surface area contributed by atoms with E-state index in [9.17, 15) is 0 Å². The van der Waals surface area contributed by atoms with E-state index in [2.05, 4.69) is 25.2 Å². The number of halogens is 1. The minimum absolute atomic E-state index is 0.498. The van der Waals surface area contributed by atoms with Crippen molar-refractivity contribution < 1.29 is 4.74 Å². The standard InChI is InChI=1S/C16H24ClNO/c1-12(2)13-6-7-16(15(17)11-13)19-10-8-14-5-3-4-9-18-14/h6-7,11-12,14,18H,3-5,8-10H2,1-2H3/t14-/m0/s1. The highest BCUT2D eigenvalue weighted by atomic mass is 35.5. The molecular weight excluding hydrogens is 258 g/mol. The number of nitrogens with one attached hydrogen (secondary N) is 1. The molecule has 0 amide bonds. The fourth-order valence-electron chi connectivity index (χ4n) is 2.47. The lowest BCUT2D eigenvalue weighted by Gasteiger charge is -2.23. The summed E-state index contributed by atoms with van der Waals surface area (Å²) in [7, 11) is 0. The average molecular weight is 282 g/mol. The number of benzene rings is 1. The first kappa shape index (κ1) is 14.7. The van der Waals surface area contributed by atoms with Gasteiger partial charge < -0.3 is 10.1 Å². The molecule has 1 saturated heterocycles. The summed E-state index contributed by atoms with van der Waals surface area (Å²) in [6.07, 6.45) is 4.97. The van der Waals surface area contributed by atoms with E-state index in [-0.39, 0.29) is 0 Å². The molecule has 106 valence electrons. The Morgan fingerprint density at radius 2 is 2.21 bits per heavy atom. The molecule has 1 aliphatic rings. The van der Waals surface area contributed by atoms with E-state index >= 15 is 0 Å². The SMILES string of the molecule is CC(C)c1ccc(OCC[C@@H]2CCCCN2)c(Cl)c1. The van der Waals surface area contributed by atoms with Crippen molar-refractivity contribution in [2.45, 2.75) is 51.5 Å². The van der Waals surface area contributed by atoms with E-state index < -0.39 is 0 Å². The first-order valence-corrected chi connectivity index (χ1v) is 7.70. The van der Waals surface area contributed by atoms with Gasteiger partial charge in [-0.1, -0.05) is 37.9 Å². The zero-order valence-electron chi connectivity index (χ0n) is 11.9. The normalized spacial score (nSPS) is 19.7. The van der Waals surface area contributed by atoms with Gasteiger partial charge in [-0.3, -0.25) is 0 Å². The molecule has 1 aromatic rings. The van der Waals surface area contributed by atoms with Gasteiger partial charge in [0.05, 0.1) is 11.6 Å². The summed E-state index contributed by atoms with van der Waals surface area (Å²) in [4.78, 5) is 0. The molecule has 1 fully saturated rings. The molecule has 0 radical (unpaired) electrons. The van der Waals surface area contributed by atoms with E-state index in [4.69, 9.17) is 16.3 Å². The van der Waals surface area contributed by atoms with Crippen molar-refractivity contribution in [1.29, 1.82) is 0 Å². The van der Waals surface area contributed by atoms with Gasteiger partial charge in [0.25, 0.3) is 0 Å². The topological polar surface area (TPSA) is 21.3 Å². The second kappa shape index (κ2) is 7.16. The number of rotatable bonds is 5. The van der Waals surface area contributed by atoms with Gasteiger partial charge in [0.1, 0.15) is 5.75 Å². The molecule has 2 rings (SSSR count). The van der Waals surface area contributed by atoms with Crippen molar-refractivity contribution in [3.63, 3.8) is 0 Å².